The number of esters is 1. The van der Waals surface area contributed by atoms with Crippen LogP contribution in [0.2, 0.25) is 0 Å². The highest BCUT2D eigenvalue weighted by Gasteiger charge is 2.44. The zero-order valence-corrected chi connectivity index (χ0v) is 15.8. The van der Waals surface area contributed by atoms with Gasteiger partial charge in [-0.2, -0.15) is 13.2 Å². The van der Waals surface area contributed by atoms with E-state index in [1.54, 1.807) is 6.92 Å². The maximum atomic E-state index is 12.7. The van der Waals surface area contributed by atoms with Crippen LogP contribution in [-0.4, -0.2) is 41.3 Å². The molecule has 0 bridgehead atoms. The Morgan fingerprint density at radius 1 is 1.34 bits per heavy atom. The molecule has 2 rings (SSSR count). The highest BCUT2D eigenvalue weighted by atomic mass is 19.4. The molecular weight excluding hydrogens is 393 g/mol. The third kappa shape index (κ3) is 6.22. The summed E-state index contributed by atoms with van der Waals surface area (Å²) >= 11 is 0. The lowest BCUT2D eigenvalue weighted by Crippen LogP contribution is -2.26. The number of hydrogen-bond donors (Lipinski definition) is 2. The Kier molecular flexibility index (Phi) is 7.66. The van der Waals surface area contributed by atoms with Crippen LogP contribution in [0.4, 0.5) is 13.2 Å². The highest BCUT2D eigenvalue weighted by Crippen LogP contribution is 2.36. The van der Waals surface area contributed by atoms with Gasteiger partial charge in [-0.15, -0.1) is 0 Å². The van der Waals surface area contributed by atoms with Crippen molar-refractivity contribution in [1.82, 2.24) is 0 Å². The maximum Gasteiger partial charge on any atom is 0.416 e. The molecule has 1 aromatic rings. The zero-order valence-electron chi connectivity index (χ0n) is 15.8. The molecule has 1 aliphatic rings. The third-order valence-electron chi connectivity index (χ3n) is 4.61. The van der Waals surface area contributed by atoms with Crippen LogP contribution < -0.4 is 4.74 Å². The van der Waals surface area contributed by atoms with Gasteiger partial charge in [0.2, 0.25) is 0 Å². The van der Waals surface area contributed by atoms with E-state index in [9.17, 15) is 33.0 Å². The summed E-state index contributed by atoms with van der Waals surface area (Å²) in [5.74, 6) is -2.97. The van der Waals surface area contributed by atoms with E-state index in [2.05, 4.69) is 0 Å². The number of carbonyl (C=O) groups is 2. The van der Waals surface area contributed by atoms with Crippen molar-refractivity contribution in [3.63, 3.8) is 0 Å². The molecular formula is C20H23F3O6. The van der Waals surface area contributed by atoms with Crippen molar-refractivity contribution in [2.75, 3.05) is 13.2 Å². The third-order valence-corrected chi connectivity index (χ3v) is 4.61. The Bertz CT molecular complexity index is 759. The number of hydrogen-bond acceptors (Lipinski definition) is 6. The number of ketones is 1. The van der Waals surface area contributed by atoms with Gasteiger partial charge in [-0.05, 0) is 31.2 Å². The molecule has 160 valence electrons. The minimum atomic E-state index is -4.48. The van der Waals surface area contributed by atoms with Crippen LogP contribution in [0.25, 0.3) is 0 Å². The molecule has 1 aliphatic carbocycles. The number of ether oxygens (including phenoxy) is 2. The molecule has 1 saturated carbocycles. The van der Waals surface area contributed by atoms with E-state index >= 15 is 0 Å². The first-order chi connectivity index (χ1) is 13.6. The summed E-state index contributed by atoms with van der Waals surface area (Å²) < 4.78 is 48.2. The summed E-state index contributed by atoms with van der Waals surface area (Å²) in [4.78, 5) is 23.7. The lowest BCUT2D eigenvalue weighted by atomic mass is 9.89. The SMILES string of the molecule is CCOC(=O)C[C@H]1C(=O)C[C@@H](O)[C@@H]1/C(O)=C\CCOc1cccc(C(F)(F)F)c1. The van der Waals surface area contributed by atoms with Gasteiger partial charge < -0.3 is 19.7 Å². The monoisotopic (exact) mass is 416 g/mol. The summed E-state index contributed by atoms with van der Waals surface area (Å²) in [5.41, 5.74) is -0.831. The van der Waals surface area contributed by atoms with Crippen LogP contribution in [0.5, 0.6) is 5.75 Å². The van der Waals surface area contributed by atoms with Gasteiger partial charge in [-0.3, -0.25) is 9.59 Å². The van der Waals surface area contributed by atoms with Crippen molar-refractivity contribution in [2.45, 2.75) is 38.5 Å². The van der Waals surface area contributed by atoms with E-state index in [1.165, 1.54) is 18.2 Å². The first-order valence-electron chi connectivity index (χ1n) is 9.19. The van der Waals surface area contributed by atoms with E-state index in [1.807, 2.05) is 0 Å². The molecule has 0 spiro atoms. The second kappa shape index (κ2) is 9.78. The largest absolute Gasteiger partial charge is 0.512 e. The van der Waals surface area contributed by atoms with E-state index in [0.29, 0.717) is 0 Å². The van der Waals surface area contributed by atoms with Crippen molar-refractivity contribution in [3.8, 4) is 5.75 Å². The van der Waals surface area contributed by atoms with Crippen LogP contribution in [0.15, 0.2) is 36.1 Å². The number of benzene rings is 1. The molecule has 0 aliphatic heterocycles. The lowest BCUT2D eigenvalue weighted by molar-refractivity contribution is -0.146. The summed E-state index contributed by atoms with van der Waals surface area (Å²) in [6.45, 7) is 1.76. The van der Waals surface area contributed by atoms with Crippen molar-refractivity contribution in [2.24, 2.45) is 11.8 Å². The molecule has 2 N–H and O–H groups in total. The summed E-state index contributed by atoms with van der Waals surface area (Å²) in [7, 11) is 0. The van der Waals surface area contributed by atoms with Crippen molar-refractivity contribution >= 4 is 11.8 Å². The van der Waals surface area contributed by atoms with Gasteiger partial charge in [0.05, 0.1) is 43.0 Å². The van der Waals surface area contributed by atoms with E-state index < -0.39 is 35.6 Å². The van der Waals surface area contributed by atoms with Crippen LogP contribution in [0, 0.1) is 11.8 Å². The molecule has 1 fully saturated rings. The van der Waals surface area contributed by atoms with E-state index in [0.717, 1.165) is 12.1 Å². The Morgan fingerprint density at radius 3 is 2.72 bits per heavy atom. The molecule has 1 aromatic carbocycles. The van der Waals surface area contributed by atoms with Gasteiger partial charge in [0.15, 0.2) is 0 Å². The van der Waals surface area contributed by atoms with Crippen LogP contribution >= 0.6 is 0 Å². The second-order valence-electron chi connectivity index (χ2n) is 6.67. The molecule has 0 aromatic heterocycles. The van der Waals surface area contributed by atoms with Crippen LogP contribution in [-0.2, 0) is 20.5 Å². The first kappa shape index (κ1) is 22.7. The van der Waals surface area contributed by atoms with Crippen LogP contribution in [0.1, 0.15) is 31.7 Å². The molecule has 0 amide bonds. The average Bonchev–Trinajstić information content (AvgIpc) is 2.91. The van der Waals surface area contributed by atoms with Crippen molar-refractivity contribution < 1.29 is 42.4 Å². The van der Waals surface area contributed by atoms with Gasteiger partial charge in [0, 0.05) is 18.8 Å². The predicted octanol–water partition coefficient (Wildman–Crippen LogP) is 3.44. The minimum absolute atomic E-state index is 0.0231. The molecule has 6 nitrogen and oxygen atoms in total. The summed E-state index contributed by atoms with van der Waals surface area (Å²) in [6, 6.07) is 4.42. The fourth-order valence-corrected chi connectivity index (χ4v) is 3.28. The number of aliphatic hydroxyl groups is 2. The fourth-order valence-electron chi connectivity index (χ4n) is 3.28. The maximum absolute atomic E-state index is 12.7. The molecule has 0 radical (unpaired) electrons. The number of halogens is 3. The van der Waals surface area contributed by atoms with Crippen molar-refractivity contribution in [3.05, 3.63) is 41.7 Å². The number of rotatable bonds is 8. The molecule has 0 heterocycles. The Balaban J connectivity index is 1.96. The summed E-state index contributed by atoms with van der Waals surface area (Å²) in [6.07, 6.45) is -4.55. The number of aliphatic hydroxyl groups excluding tert-OH is 2. The lowest BCUT2D eigenvalue weighted by Gasteiger charge is -2.20. The van der Waals surface area contributed by atoms with Gasteiger partial charge in [-0.25, -0.2) is 0 Å². The topological polar surface area (TPSA) is 93.1 Å². The highest BCUT2D eigenvalue weighted by molar-refractivity contribution is 5.88. The van der Waals surface area contributed by atoms with Gasteiger partial charge in [0.1, 0.15) is 11.5 Å². The van der Waals surface area contributed by atoms with Gasteiger partial charge >= 0.3 is 12.1 Å². The van der Waals surface area contributed by atoms with E-state index in [-0.39, 0.29) is 49.8 Å². The molecule has 0 saturated heterocycles. The second-order valence-corrected chi connectivity index (χ2v) is 6.67. The molecule has 29 heavy (non-hydrogen) atoms. The quantitative estimate of drug-likeness (QED) is 0.383. The fraction of sp³-hybridized carbons (Fsp3) is 0.500. The normalized spacial score (nSPS) is 22.6. The predicted molar refractivity (Wildman–Crippen MR) is 96.1 cm³/mol. The van der Waals surface area contributed by atoms with Gasteiger partial charge in [0.25, 0.3) is 0 Å². The number of alkyl halides is 3. The first-order valence-corrected chi connectivity index (χ1v) is 9.19. The average molecular weight is 416 g/mol. The zero-order chi connectivity index (χ0) is 21.6. The van der Waals surface area contributed by atoms with E-state index in [4.69, 9.17) is 9.47 Å². The minimum Gasteiger partial charge on any atom is -0.512 e. The molecule has 9 heteroatoms. The Hall–Kier alpha value is -2.55. The summed E-state index contributed by atoms with van der Waals surface area (Å²) in [5, 5.41) is 20.4. The van der Waals surface area contributed by atoms with Crippen LogP contribution in [0.3, 0.4) is 0 Å². The van der Waals surface area contributed by atoms with Crippen molar-refractivity contribution in [1.29, 1.82) is 0 Å². The van der Waals surface area contributed by atoms with Gasteiger partial charge in [-0.1, -0.05) is 6.07 Å². The molecule has 3 atom stereocenters. The smallest absolute Gasteiger partial charge is 0.416 e. The number of Topliss-reactive ketones (excluding diaryl/α,β-unsaturated/α-hetero) is 1. The Labute approximate surface area is 165 Å². The Morgan fingerprint density at radius 2 is 2.07 bits per heavy atom. The number of carbonyl (C=O) groups excluding carboxylic acids is 2. The molecule has 0 unspecified atom stereocenters. The standard InChI is InChI=1S/C20H23F3O6/c1-2-28-18(27)10-14-16(25)11-17(26)19(14)15(24)7-4-8-29-13-6-3-5-12(9-13)20(21,22)23/h3,5-7,9,14,17,19,24,26H,2,4,8,10-11H2,1H3/b15-7+/t14-,17+,19-/m0/s1.